The monoisotopic (exact) mass is 194 g/mol. The largest absolute Gasteiger partial charge is 0.332 e. The summed E-state index contributed by atoms with van der Waals surface area (Å²) in [6.07, 6.45) is 0. The summed E-state index contributed by atoms with van der Waals surface area (Å²) in [6.45, 7) is 1.64. The molecule has 0 saturated carbocycles. The Balaban J connectivity index is 2.62. The number of nitrogens with one attached hydrogen (secondary N) is 2. The van der Waals surface area contributed by atoms with Crippen LogP contribution < -0.4 is 11.2 Å². The average Bonchev–Trinajstić information content (AvgIpc) is 2.50. The molecule has 0 aliphatic heterocycles. The number of aryl methyl sites for hydroxylation is 1. The van der Waals surface area contributed by atoms with E-state index in [0.717, 1.165) is 0 Å². The molecule has 2 heterocycles. The van der Waals surface area contributed by atoms with Gasteiger partial charge in [-0.15, -0.1) is 0 Å². The zero-order chi connectivity index (χ0) is 10.1. The highest BCUT2D eigenvalue weighted by molar-refractivity contribution is 5.44. The Morgan fingerprint density at radius 1 is 1.36 bits per heavy atom. The van der Waals surface area contributed by atoms with E-state index in [4.69, 9.17) is 4.52 Å². The molecule has 0 aromatic carbocycles. The topological polar surface area (TPSA) is 105 Å². The minimum atomic E-state index is -0.608. The molecular formula is C7H6N4O3. The lowest BCUT2D eigenvalue weighted by Crippen LogP contribution is -2.21. The van der Waals surface area contributed by atoms with E-state index in [0.29, 0.717) is 5.82 Å². The van der Waals surface area contributed by atoms with Gasteiger partial charge in [-0.05, 0) is 6.92 Å². The molecule has 0 amide bonds. The number of hydrogen-bond donors (Lipinski definition) is 2. The summed E-state index contributed by atoms with van der Waals surface area (Å²) in [6, 6.07) is 1.17. The molecule has 0 aliphatic carbocycles. The molecule has 2 N–H and O–H groups in total. The zero-order valence-corrected chi connectivity index (χ0v) is 7.20. The fraction of sp³-hybridized carbons (Fsp3) is 0.143. The first kappa shape index (κ1) is 8.42. The van der Waals surface area contributed by atoms with Gasteiger partial charge in [-0.2, -0.15) is 4.98 Å². The minimum Gasteiger partial charge on any atom is -0.332 e. The van der Waals surface area contributed by atoms with Gasteiger partial charge in [-0.1, -0.05) is 5.16 Å². The molecule has 14 heavy (non-hydrogen) atoms. The van der Waals surface area contributed by atoms with E-state index in [1.54, 1.807) is 6.92 Å². The highest BCUT2D eigenvalue weighted by Gasteiger charge is 2.07. The van der Waals surface area contributed by atoms with Gasteiger partial charge < -0.3 is 9.51 Å². The first-order valence-electron chi connectivity index (χ1n) is 3.79. The van der Waals surface area contributed by atoms with Crippen molar-refractivity contribution >= 4 is 0 Å². The number of nitrogens with zero attached hydrogens (tertiary/aromatic N) is 2. The van der Waals surface area contributed by atoms with Crippen molar-refractivity contribution in [3.63, 3.8) is 0 Å². The van der Waals surface area contributed by atoms with Gasteiger partial charge in [0.05, 0.1) is 0 Å². The number of H-pyrrole nitrogens is 2. The molecule has 7 heteroatoms. The summed E-state index contributed by atoms with van der Waals surface area (Å²) < 4.78 is 4.78. The third kappa shape index (κ3) is 1.47. The van der Waals surface area contributed by atoms with Gasteiger partial charge >= 0.3 is 5.69 Å². The Hall–Kier alpha value is -2.18. The highest BCUT2D eigenvalue weighted by atomic mass is 16.5. The Labute approximate surface area is 76.8 Å². The van der Waals surface area contributed by atoms with Gasteiger partial charge in [-0.3, -0.25) is 9.78 Å². The third-order valence-corrected chi connectivity index (χ3v) is 1.52. The lowest BCUT2D eigenvalue weighted by Gasteiger charge is -1.90. The smallest absolute Gasteiger partial charge is 0.326 e. The van der Waals surface area contributed by atoms with Crippen molar-refractivity contribution in [2.45, 2.75) is 6.92 Å². The molecule has 2 aromatic heterocycles. The summed E-state index contributed by atoms with van der Waals surface area (Å²) in [5.41, 5.74) is -0.915. The maximum absolute atomic E-state index is 10.9. The summed E-state index contributed by atoms with van der Waals surface area (Å²) in [7, 11) is 0. The lowest BCUT2D eigenvalue weighted by atomic mass is 10.4. The van der Waals surface area contributed by atoms with E-state index >= 15 is 0 Å². The quantitative estimate of drug-likeness (QED) is 0.632. The van der Waals surface area contributed by atoms with Crippen molar-refractivity contribution in [1.82, 2.24) is 20.1 Å². The van der Waals surface area contributed by atoms with Gasteiger partial charge in [0.2, 0.25) is 0 Å². The predicted octanol–water partition coefficient (Wildman–Crippen LogP) is -0.578. The highest BCUT2D eigenvalue weighted by Crippen LogP contribution is 2.09. The Morgan fingerprint density at radius 2 is 2.14 bits per heavy atom. The van der Waals surface area contributed by atoms with E-state index < -0.39 is 11.2 Å². The van der Waals surface area contributed by atoms with Crippen LogP contribution in [0.2, 0.25) is 0 Å². The predicted molar refractivity (Wildman–Crippen MR) is 45.7 cm³/mol. The van der Waals surface area contributed by atoms with E-state index in [9.17, 15) is 9.59 Å². The van der Waals surface area contributed by atoms with Crippen LogP contribution in [0, 0.1) is 6.92 Å². The zero-order valence-electron chi connectivity index (χ0n) is 7.20. The second-order valence-electron chi connectivity index (χ2n) is 2.65. The summed E-state index contributed by atoms with van der Waals surface area (Å²) in [5.74, 6) is 0.548. The summed E-state index contributed by atoms with van der Waals surface area (Å²) >= 11 is 0. The number of rotatable bonds is 1. The van der Waals surface area contributed by atoms with Crippen LogP contribution in [0.4, 0.5) is 0 Å². The van der Waals surface area contributed by atoms with Gasteiger partial charge in [-0.25, -0.2) is 4.79 Å². The molecule has 0 fully saturated rings. The summed E-state index contributed by atoms with van der Waals surface area (Å²) in [5, 5.41) is 3.53. The van der Waals surface area contributed by atoms with Crippen LogP contribution in [0.5, 0.6) is 0 Å². The second kappa shape index (κ2) is 2.95. The van der Waals surface area contributed by atoms with Gasteiger partial charge in [0.1, 0.15) is 5.69 Å². The van der Waals surface area contributed by atoms with Crippen molar-refractivity contribution in [2.24, 2.45) is 0 Å². The molecule has 0 bridgehead atoms. The molecule has 0 saturated heterocycles. The fourth-order valence-electron chi connectivity index (χ4n) is 0.990. The Morgan fingerprint density at radius 3 is 2.71 bits per heavy atom. The van der Waals surface area contributed by atoms with Crippen molar-refractivity contribution in [1.29, 1.82) is 0 Å². The van der Waals surface area contributed by atoms with Gasteiger partial charge in [0.15, 0.2) is 5.82 Å². The van der Waals surface area contributed by atoms with Crippen molar-refractivity contribution in [2.75, 3.05) is 0 Å². The molecular weight excluding hydrogens is 188 g/mol. The maximum Gasteiger partial charge on any atom is 0.326 e. The summed E-state index contributed by atoms with van der Waals surface area (Å²) in [4.78, 5) is 30.1. The minimum absolute atomic E-state index is 0.116. The molecule has 0 unspecified atom stereocenters. The Bertz CT molecular complexity index is 536. The third-order valence-electron chi connectivity index (χ3n) is 1.52. The van der Waals surface area contributed by atoms with Crippen molar-refractivity contribution < 1.29 is 4.52 Å². The molecule has 0 atom stereocenters. The lowest BCUT2D eigenvalue weighted by molar-refractivity contribution is 0.424. The van der Waals surface area contributed by atoms with Crippen LogP contribution in [0.25, 0.3) is 11.6 Å². The van der Waals surface area contributed by atoms with Crippen LogP contribution in [-0.4, -0.2) is 20.1 Å². The SMILES string of the molecule is Cc1noc(-c2cc(=O)[nH]c(=O)[nH]2)n1. The van der Waals surface area contributed by atoms with E-state index in [1.165, 1.54) is 6.07 Å². The molecule has 0 radical (unpaired) electrons. The van der Waals surface area contributed by atoms with E-state index in [-0.39, 0.29) is 11.6 Å². The van der Waals surface area contributed by atoms with Crippen molar-refractivity contribution in [3.8, 4) is 11.6 Å². The van der Waals surface area contributed by atoms with Crippen molar-refractivity contribution in [3.05, 3.63) is 32.7 Å². The fourth-order valence-corrected chi connectivity index (χ4v) is 0.990. The Kier molecular flexibility index (Phi) is 1.77. The standard InChI is InChI=1S/C7H6N4O3/c1-3-8-6(14-11-3)4-2-5(12)10-7(13)9-4/h2H,1H3,(H2,9,10,12,13). The van der Waals surface area contributed by atoms with Crippen LogP contribution in [0.15, 0.2) is 20.2 Å². The van der Waals surface area contributed by atoms with Gasteiger partial charge in [0, 0.05) is 6.07 Å². The number of hydrogen-bond acceptors (Lipinski definition) is 5. The van der Waals surface area contributed by atoms with Crippen LogP contribution in [0.3, 0.4) is 0 Å². The van der Waals surface area contributed by atoms with Crippen LogP contribution in [0.1, 0.15) is 5.82 Å². The molecule has 0 aliphatic rings. The molecule has 72 valence electrons. The average molecular weight is 194 g/mol. The second-order valence-corrected chi connectivity index (χ2v) is 2.65. The molecule has 0 spiro atoms. The van der Waals surface area contributed by atoms with Crippen LogP contribution >= 0.6 is 0 Å². The first-order chi connectivity index (χ1) is 6.65. The van der Waals surface area contributed by atoms with Crippen LogP contribution in [-0.2, 0) is 0 Å². The normalized spacial score (nSPS) is 10.4. The van der Waals surface area contributed by atoms with E-state index in [2.05, 4.69) is 15.1 Å². The van der Waals surface area contributed by atoms with Gasteiger partial charge in [0.25, 0.3) is 11.4 Å². The first-order valence-corrected chi connectivity index (χ1v) is 3.79. The molecule has 2 aromatic rings. The van der Waals surface area contributed by atoms with E-state index in [1.807, 2.05) is 4.98 Å². The number of aromatic nitrogens is 4. The maximum atomic E-state index is 10.9. The molecule has 7 nitrogen and oxygen atoms in total. The number of aromatic amines is 2. The molecule has 2 rings (SSSR count).